The van der Waals surface area contributed by atoms with Gasteiger partial charge in [0, 0.05) is 17.3 Å². The normalized spacial score (nSPS) is 11.1. The van der Waals surface area contributed by atoms with E-state index >= 15 is 0 Å². The topological polar surface area (TPSA) is 47.8 Å². The molecule has 0 amide bonds. The third kappa shape index (κ3) is 2.67. The number of rotatable bonds is 2. The van der Waals surface area contributed by atoms with E-state index in [0.717, 1.165) is 22.3 Å². The van der Waals surface area contributed by atoms with Crippen LogP contribution < -0.4 is 0 Å². The van der Waals surface area contributed by atoms with Crippen molar-refractivity contribution in [1.82, 2.24) is 14.8 Å². The van der Waals surface area contributed by atoms with Gasteiger partial charge >= 0.3 is 0 Å². The van der Waals surface area contributed by atoms with E-state index in [0.29, 0.717) is 0 Å². The Balaban J connectivity index is 0.000000861. The Kier molecular flexibility index (Phi) is 4.45. The predicted octanol–water partition coefficient (Wildman–Crippen LogP) is 3.40. The maximum Gasteiger partial charge on any atom is 0.156 e. The van der Waals surface area contributed by atoms with Crippen LogP contribution in [0.15, 0.2) is 12.3 Å². The lowest BCUT2D eigenvalue weighted by atomic mass is 10.0. The van der Waals surface area contributed by atoms with Gasteiger partial charge in [0.25, 0.3) is 0 Å². The highest BCUT2D eigenvalue weighted by atomic mass is 16.1. The standard InChI is InChI=1S/C13H17N3O.C2H6/c1-8-6-12-11(7-14-8)9(2)15-16(12)13(4,5)10(3)17;1-2/h6-7H,1-5H3;1-2H3. The summed E-state index contributed by atoms with van der Waals surface area (Å²) in [7, 11) is 0. The first-order valence-electron chi connectivity index (χ1n) is 6.67. The molecule has 0 radical (unpaired) electrons. The number of carbonyl (C=O) groups is 1. The monoisotopic (exact) mass is 261 g/mol. The van der Waals surface area contributed by atoms with Crippen molar-refractivity contribution >= 4 is 16.7 Å². The number of hydrogen-bond donors (Lipinski definition) is 0. The van der Waals surface area contributed by atoms with Crippen molar-refractivity contribution in [3.8, 4) is 0 Å². The van der Waals surface area contributed by atoms with Crippen molar-refractivity contribution in [3.63, 3.8) is 0 Å². The molecule has 0 aliphatic rings. The first-order chi connectivity index (χ1) is 8.84. The Labute approximate surface area is 114 Å². The van der Waals surface area contributed by atoms with Crippen LogP contribution in [0.5, 0.6) is 0 Å². The summed E-state index contributed by atoms with van der Waals surface area (Å²) in [5.41, 5.74) is 2.18. The van der Waals surface area contributed by atoms with E-state index < -0.39 is 5.54 Å². The third-order valence-corrected chi connectivity index (χ3v) is 3.28. The van der Waals surface area contributed by atoms with Crippen LogP contribution >= 0.6 is 0 Å². The molecular weight excluding hydrogens is 238 g/mol. The number of pyridine rings is 1. The Hall–Kier alpha value is -1.71. The lowest BCUT2D eigenvalue weighted by Gasteiger charge is -2.23. The lowest BCUT2D eigenvalue weighted by molar-refractivity contribution is -0.124. The van der Waals surface area contributed by atoms with Crippen molar-refractivity contribution < 1.29 is 4.79 Å². The molecule has 0 N–H and O–H groups in total. The average Bonchev–Trinajstić information content (AvgIpc) is 2.69. The average molecular weight is 261 g/mol. The second-order valence-corrected chi connectivity index (χ2v) is 4.96. The number of Topliss-reactive ketones (excluding diaryl/α,β-unsaturated/α-hetero) is 1. The van der Waals surface area contributed by atoms with Gasteiger partial charge in [-0.15, -0.1) is 0 Å². The second-order valence-electron chi connectivity index (χ2n) is 4.96. The van der Waals surface area contributed by atoms with Crippen LogP contribution in [0.3, 0.4) is 0 Å². The molecule has 0 atom stereocenters. The van der Waals surface area contributed by atoms with Gasteiger partial charge < -0.3 is 0 Å². The molecule has 0 aromatic carbocycles. The van der Waals surface area contributed by atoms with E-state index in [-0.39, 0.29) is 5.78 Å². The first kappa shape index (κ1) is 15.3. The van der Waals surface area contributed by atoms with Crippen molar-refractivity contribution in [2.24, 2.45) is 0 Å². The zero-order valence-electron chi connectivity index (χ0n) is 12.9. The molecule has 0 bridgehead atoms. The molecule has 0 aliphatic heterocycles. The molecule has 2 aromatic rings. The maximum absolute atomic E-state index is 11.7. The van der Waals surface area contributed by atoms with Gasteiger partial charge in [-0.25, -0.2) is 0 Å². The van der Waals surface area contributed by atoms with E-state index in [1.54, 1.807) is 11.6 Å². The summed E-state index contributed by atoms with van der Waals surface area (Å²) in [6.45, 7) is 13.2. The summed E-state index contributed by atoms with van der Waals surface area (Å²) < 4.78 is 1.80. The third-order valence-electron chi connectivity index (χ3n) is 3.28. The molecular formula is C15H23N3O. The van der Waals surface area contributed by atoms with Gasteiger partial charge in [0.05, 0.1) is 11.2 Å². The maximum atomic E-state index is 11.7. The summed E-state index contributed by atoms with van der Waals surface area (Å²) in [5, 5.41) is 5.48. The van der Waals surface area contributed by atoms with E-state index in [9.17, 15) is 4.79 Å². The van der Waals surface area contributed by atoms with E-state index in [4.69, 9.17) is 0 Å². The van der Waals surface area contributed by atoms with E-state index in [1.165, 1.54) is 0 Å². The molecule has 0 saturated heterocycles. The number of aryl methyl sites for hydroxylation is 2. The molecule has 2 rings (SSSR count). The van der Waals surface area contributed by atoms with Gasteiger partial charge in [0.1, 0.15) is 5.54 Å². The van der Waals surface area contributed by atoms with Crippen LogP contribution in [-0.4, -0.2) is 20.5 Å². The minimum absolute atomic E-state index is 0.0939. The zero-order valence-corrected chi connectivity index (χ0v) is 12.9. The van der Waals surface area contributed by atoms with Crippen molar-refractivity contribution in [3.05, 3.63) is 23.7 Å². The van der Waals surface area contributed by atoms with Gasteiger partial charge in [-0.2, -0.15) is 5.10 Å². The van der Waals surface area contributed by atoms with Crippen LogP contribution in [-0.2, 0) is 10.3 Å². The van der Waals surface area contributed by atoms with Gasteiger partial charge in [0.2, 0.25) is 0 Å². The van der Waals surface area contributed by atoms with Crippen molar-refractivity contribution in [1.29, 1.82) is 0 Å². The predicted molar refractivity (Wildman–Crippen MR) is 78.4 cm³/mol. The number of ketones is 1. The fourth-order valence-electron chi connectivity index (χ4n) is 1.83. The Bertz CT molecular complexity index is 597. The molecule has 0 aliphatic carbocycles. The highest BCUT2D eigenvalue weighted by molar-refractivity contribution is 5.87. The Morgan fingerprint density at radius 1 is 1.26 bits per heavy atom. The fraction of sp³-hybridized carbons (Fsp3) is 0.533. The number of carbonyl (C=O) groups excluding carboxylic acids is 1. The van der Waals surface area contributed by atoms with Crippen molar-refractivity contribution in [2.75, 3.05) is 0 Å². The van der Waals surface area contributed by atoms with Crippen LogP contribution in [0.1, 0.15) is 46.0 Å². The zero-order chi connectivity index (χ0) is 14.8. The van der Waals surface area contributed by atoms with Crippen LogP contribution in [0.25, 0.3) is 10.9 Å². The summed E-state index contributed by atoms with van der Waals surface area (Å²) in [5.74, 6) is 0.0939. The number of fused-ring (bicyclic) bond motifs is 1. The smallest absolute Gasteiger partial charge is 0.156 e. The van der Waals surface area contributed by atoms with Crippen LogP contribution in [0.4, 0.5) is 0 Å². The van der Waals surface area contributed by atoms with Gasteiger partial charge in [-0.05, 0) is 40.7 Å². The molecule has 4 nitrogen and oxygen atoms in total. The van der Waals surface area contributed by atoms with Gasteiger partial charge in [-0.3, -0.25) is 14.5 Å². The van der Waals surface area contributed by atoms with Crippen molar-refractivity contribution in [2.45, 2.75) is 54.0 Å². The molecule has 0 unspecified atom stereocenters. The van der Waals surface area contributed by atoms with Gasteiger partial charge in [0.15, 0.2) is 5.78 Å². The minimum Gasteiger partial charge on any atom is -0.297 e. The molecule has 2 heterocycles. The number of nitrogens with zero attached hydrogens (tertiary/aromatic N) is 3. The second kappa shape index (κ2) is 5.51. The van der Waals surface area contributed by atoms with E-state index in [1.807, 2.05) is 53.8 Å². The number of hydrogen-bond acceptors (Lipinski definition) is 3. The molecule has 0 spiro atoms. The summed E-state index contributed by atoms with van der Waals surface area (Å²) in [4.78, 5) is 16.0. The highest BCUT2D eigenvalue weighted by Crippen LogP contribution is 2.25. The number of aromatic nitrogens is 3. The molecule has 0 fully saturated rings. The Morgan fingerprint density at radius 3 is 2.37 bits per heavy atom. The first-order valence-corrected chi connectivity index (χ1v) is 6.67. The summed E-state index contributed by atoms with van der Waals surface area (Å²) in [6, 6.07) is 1.97. The van der Waals surface area contributed by atoms with Crippen LogP contribution in [0.2, 0.25) is 0 Å². The molecule has 2 aromatic heterocycles. The quantitative estimate of drug-likeness (QED) is 0.832. The van der Waals surface area contributed by atoms with Crippen LogP contribution in [0, 0.1) is 13.8 Å². The SMILES string of the molecule is CC.CC(=O)C(C)(C)n1nc(C)c2cnc(C)cc21. The molecule has 104 valence electrons. The largest absolute Gasteiger partial charge is 0.297 e. The van der Waals surface area contributed by atoms with E-state index in [2.05, 4.69) is 10.1 Å². The van der Waals surface area contributed by atoms with Gasteiger partial charge in [-0.1, -0.05) is 13.8 Å². The highest BCUT2D eigenvalue weighted by Gasteiger charge is 2.29. The lowest BCUT2D eigenvalue weighted by Crippen LogP contribution is -2.34. The molecule has 4 heteroatoms. The molecule has 19 heavy (non-hydrogen) atoms. The summed E-state index contributed by atoms with van der Waals surface area (Å²) in [6.07, 6.45) is 1.82. The molecule has 0 saturated carbocycles. The fourth-order valence-corrected chi connectivity index (χ4v) is 1.83. The Morgan fingerprint density at radius 2 is 1.84 bits per heavy atom. The minimum atomic E-state index is -0.625. The summed E-state index contributed by atoms with van der Waals surface area (Å²) >= 11 is 0.